The first-order valence-electron chi connectivity index (χ1n) is 16.4. The van der Waals surface area contributed by atoms with Crippen molar-refractivity contribution in [3.63, 3.8) is 0 Å². The minimum absolute atomic E-state index is 0.0326. The predicted octanol–water partition coefficient (Wildman–Crippen LogP) is 11.4. The summed E-state index contributed by atoms with van der Waals surface area (Å²) in [5, 5.41) is 2.42. The molecule has 0 fully saturated rings. The van der Waals surface area contributed by atoms with Crippen LogP contribution in [0.25, 0.3) is 27.5 Å². The van der Waals surface area contributed by atoms with Gasteiger partial charge >= 0.3 is 0 Å². The molecule has 47 heavy (non-hydrogen) atoms. The van der Waals surface area contributed by atoms with E-state index in [1.165, 1.54) is 32.9 Å². The Morgan fingerprint density at radius 3 is 2.00 bits per heavy atom. The van der Waals surface area contributed by atoms with Gasteiger partial charge in [-0.25, -0.2) is 0 Å². The number of anilines is 3. The SMILES string of the molecule is CC(C)(C)c1cccc(C(=O)c2cccc(N3c4ccccc4C(C)(C)c4cc5c(cc43)c3ccccc3n5-c3ccccc3)c2)c1. The second-order valence-electron chi connectivity index (χ2n) is 14.3. The highest BCUT2D eigenvalue weighted by molar-refractivity contribution is 6.12. The molecule has 1 aliphatic heterocycles. The Morgan fingerprint density at radius 1 is 0.553 bits per heavy atom. The lowest BCUT2D eigenvalue weighted by molar-refractivity contribution is 0.103. The summed E-state index contributed by atoms with van der Waals surface area (Å²) < 4.78 is 2.39. The molecule has 6 aromatic carbocycles. The summed E-state index contributed by atoms with van der Waals surface area (Å²) in [7, 11) is 0. The molecule has 3 heteroatoms. The minimum Gasteiger partial charge on any atom is -0.310 e. The number of fused-ring (bicyclic) bond motifs is 5. The van der Waals surface area contributed by atoms with Gasteiger partial charge in [-0.2, -0.15) is 0 Å². The van der Waals surface area contributed by atoms with Gasteiger partial charge < -0.3 is 9.47 Å². The molecular weight excluding hydrogens is 572 g/mol. The molecule has 0 saturated heterocycles. The van der Waals surface area contributed by atoms with E-state index in [0.29, 0.717) is 11.1 Å². The van der Waals surface area contributed by atoms with Gasteiger partial charge in [-0.05, 0) is 76.7 Å². The molecule has 1 aliphatic rings. The molecule has 0 aliphatic carbocycles. The maximum absolute atomic E-state index is 14.0. The molecule has 2 heterocycles. The van der Waals surface area contributed by atoms with Gasteiger partial charge in [0.25, 0.3) is 0 Å². The van der Waals surface area contributed by atoms with Crippen LogP contribution in [0.15, 0.2) is 140 Å². The van der Waals surface area contributed by atoms with Gasteiger partial charge in [0.15, 0.2) is 5.78 Å². The smallest absolute Gasteiger partial charge is 0.193 e. The second kappa shape index (κ2) is 10.6. The van der Waals surface area contributed by atoms with Gasteiger partial charge in [-0.3, -0.25) is 4.79 Å². The molecule has 0 unspecified atom stereocenters. The largest absolute Gasteiger partial charge is 0.310 e. The number of rotatable bonds is 4. The third-order valence-electron chi connectivity index (χ3n) is 9.89. The zero-order valence-electron chi connectivity index (χ0n) is 27.6. The summed E-state index contributed by atoms with van der Waals surface area (Å²) in [5.41, 5.74) is 11.5. The molecule has 0 amide bonds. The van der Waals surface area contributed by atoms with Crippen molar-refractivity contribution in [2.75, 3.05) is 4.90 Å². The summed E-state index contributed by atoms with van der Waals surface area (Å²) in [5.74, 6) is 0.0326. The van der Waals surface area contributed by atoms with Crippen molar-refractivity contribution in [3.8, 4) is 5.69 Å². The molecule has 0 spiro atoms. The van der Waals surface area contributed by atoms with Gasteiger partial charge in [0, 0.05) is 38.7 Å². The van der Waals surface area contributed by atoms with Crippen molar-refractivity contribution in [1.29, 1.82) is 0 Å². The average molecular weight is 611 g/mol. The van der Waals surface area contributed by atoms with Crippen LogP contribution >= 0.6 is 0 Å². The molecule has 1 aromatic heterocycles. The van der Waals surface area contributed by atoms with Crippen molar-refractivity contribution in [1.82, 2.24) is 4.57 Å². The third kappa shape index (κ3) is 4.60. The van der Waals surface area contributed by atoms with Gasteiger partial charge in [0.2, 0.25) is 0 Å². The van der Waals surface area contributed by atoms with Gasteiger partial charge in [-0.1, -0.05) is 120 Å². The number of carbonyl (C=O) groups excluding carboxylic acids is 1. The van der Waals surface area contributed by atoms with Crippen LogP contribution in [-0.2, 0) is 10.8 Å². The van der Waals surface area contributed by atoms with E-state index in [4.69, 9.17) is 0 Å². The lowest BCUT2D eigenvalue weighted by Crippen LogP contribution is -2.30. The molecule has 0 N–H and O–H groups in total. The van der Waals surface area contributed by atoms with Crippen LogP contribution in [0.4, 0.5) is 17.1 Å². The van der Waals surface area contributed by atoms with Gasteiger partial charge in [0.05, 0.1) is 22.4 Å². The highest BCUT2D eigenvalue weighted by Crippen LogP contribution is 2.53. The van der Waals surface area contributed by atoms with Gasteiger partial charge in [0.1, 0.15) is 0 Å². The number of hydrogen-bond donors (Lipinski definition) is 0. The van der Waals surface area contributed by atoms with Crippen LogP contribution in [0.1, 0.15) is 67.2 Å². The third-order valence-corrected chi connectivity index (χ3v) is 9.89. The van der Waals surface area contributed by atoms with Crippen molar-refractivity contribution >= 4 is 44.7 Å². The Bertz CT molecular complexity index is 2340. The first kappa shape index (κ1) is 29.0. The van der Waals surface area contributed by atoms with Crippen LogP contribution in [0.5, 0.6) is 0 Å². The van der Waals surface area contributed by atoms with E-state index in [1.54, 1.807) is 0 Å². The van der Waals surface area contributed by atoms with Crippen LogP contribution in [0.2, 0.25) is 0 Å². The van der Waals surface area contributed by atoms with Gasteiger partial charge in [-0.15, -0.1) is 0 Å². The fraction of sp³-hybridized carbons (Fsp3) is 0.159. The molecule has 7 aromatic rings. The molecule has 0 saturated carbocycles. The molecular formula is C44H38N2O. The minimum atomic E-state index is -0.255. The number of benzene rings is 6. The fourth-order valence-electron chi connectivity index (χ4n) is 7.37. The number of aromatic nitrogens is 1. The van der Waals surface area contributed by atoms with E-state index in [1.807, 2.05) is 30.3 Å². The Labute approximate surface area is 276 Å². The van der Waals surface area contributed by atoms with E-state index in [9.17, 15) is 4.79 Å². The lowest BCUT2D eigenvalue weighted by Gasteiger charge is -2.42. The number of ketones is 1. The molecule has 0 radical (unpaired) electrons. The van der Waals surface area contributed by atoms with E-state index in [2.05, 4.69) is 153 Å². The summed E-state index contributed by atoms with van der Waals surface area (Å²) in [6.07, 6.45) is 0. The van der Waals surface area contributed by atoms with Crippen molar-refractivity contribution in [2.24, 2.45) is 0 Å². The quantitative estimate of drug-likeness (QED) is 0.185. The Morgan fingerprint density at radius 2 is 1.21 bits per heavy atom. The number of para-hydroxylation sites is 3. The van der Waals surface area contributed by atoms with Crippen molar-refractivity contribution in [3.05, 3.63) is 167 Å². The molecule has 0 atom stereocenters. The van der Waals surface area contributed by atoms with E-state index in [-0.39, 0.29) is 16.6 Å². The maximum atomic E-state index is 14.0. The van der Waals surface area contributed by atoms with Crippen LogP contribution < -0.4 is 4.90 Å². The molecule has 8 rings (SSSR count). The van der Waals surface area contributed by atoms with Crippen LogP contribution in [0.3, 0.4) is 0 Å². The molecule has 0 bridgehead atoms. The first-order valence-corrected chi connectivity index (χ1v) is 16.4. The maximum Gasteiger partial charge on any atom is 0.193 e. The highest BCUT2D eigenvalue weighted by atomic mass is 16.1. The summed E-state index contributed by atoms with van der Waals surface area (Å²) >= 11 is 0. The zero-order chi connectivity index (χ0) is 32.5. The fourth-order valence-corrected chi connectivity index (χ4v) is 7.37. The van der Waals surface area contributed by atoms with E-state index >= 15 is 0 Å². The number of nitrogens with zero attached hydrogens (tertiary/aromatic N) is 2. The normalized spacial score (nSPS) is 13.9. The number of carbonyl (C=O) groups is 1. The predicted molar refractivity (Wildman–Crippen MR) is 196 cm³/mol. The summed E-state index contributed by atoms with van der Waals surface area (Å²) in [6.45, 7) is 11.2. The van der Waals surface area contributed by atoms with E-state index < -0.39 is 0 Å². The van der Waals surface area contributed by atoms with Crippen LogP contribution in [-0.4, -0.2) is 10.4 Å². The number of hydrogen-bond acceptors (Lipinski definition) is 2. The summed E-state index contributed by atoms with van der Waals surface area (Å²) in [6, 6.07) is 49.0. The molecule has 3 nitrogen and oxygen atoms in total. The summed E-state index contributed by atoms with van der Waals surface area (Å²) in [4.78, 5) is 16.3. The lowest BCUT2D eigenvalue weighted by atomic mass is 9.73. The van der Waals surface area contributed by atoms with E-state index in [0.717, 1.165) is 28.3 Å². The monoisotopic (exact) mass is 610 g/mol. The zero-order valence-corrected chi connectivity index (χ0v) is 27.6. The Balaban J connectivity index is 1.36. The molecule has 230 valence electrons. The average Bonchev–Trinajstić information content (AvgIpc) is 3.41. The van der Waals surface area contributed by atoms with Crippen LogP contribution in [0, 0.1) is 0 Å². The Kier molecular flexibility index (Phi) is 6.53. The topological polar surface area (TPSA) is 25.2 Å². The van der Waals surface area contributed by atoms with Crippen molar-refractivity contribution in [2.45, 2.75) is 45.4 Å². The standard InChI is InChI=1S/C44H38N2O/c1-43(2,3)31-17-13-15-29(25-31)42(47)30-16-14-20-33(26-30)46-39-24-12-10-22-36(39)44(4,5)37-28-40-35(27-41(37)46)34-21-9-11-23-38(34)45(40)32-18-7-6-8-19-32/h6-28H,1-5H3. The Hall–Kier alpha value is -5.41. The van der Waals surface area contributed by atoms with Crippen molar-refractivity contribution < 1.29 is 4.79 Å². The first-order chi connectivity index (χ1) is 22.6. The highest BCUT2D eigenvalue weighted by Gasteiger charge is 2.38. The second-order valence-corrected chi connectivity index (χ2v) is 14.3.